The SMILES string of the molecule is COc1cc(C(=O)O)cc(Br)c1OCCC(C)(C)C. The van der Waals surface area contributed by atoms with Crippen molar-refractivity contribution in [2.75, 3.05) is 13.7 Å². The second kappa shape index (κ2) is 6.28. The Kier molecular flexibility index (Phi) is 5.23. The highest BCUT2D eigenvalue weighted by Gasteiger charge is 2.16. The third-order valence-electron chi connectivity index (χ3n) is 2.57. The number of carboxylic acid groups (broad SMARTS) is 1. The van der Waals surface area contributed by atoms with Gasteiger partial charge in [0.05, 0.1) is 23.8 Å². The molecule has 0 heterocycles. The van der Waals surface area contributed by atoms with Crippen LogP contribution < -0.4 is 9.47 Å². The minimum Gasteiger partial charge on any atom is -0.493 e. The zero-order valence-electron chi connectivity index (χ0n) is 11.6. The van der Waals surface area contributed by atoms with Gasteiger partial charge >= 0.3 is 5.97 Å². The fourth-order valence-corrected chi connectivity index (χ4v) is 2.00. The van der Waals surface area contributed by atoms with Crippen LogP contribution in [-0.4, -0.2) is 24.8 Å². The van der Waals surface area contributed by atoms with Crippen LogP contribution in [0.5, 0.6) is 11.5 Å². The summed E-state index contributed by atoms with van der Waals surface area (Å²) >= 11 is 3.32. The Bertz CT molecular complexity index is 463. The van der Waals surface area contributed by atoms with E-state index in [1.165, 1.54) is 19.2 Å². The van der Waals surface area contributed by atoms with Gasteiger partial charge in [-0.25, -0.2) is 4.79 Å². The number of carboxylic acids is 1. The quantitative estimate of drug-likeness (QED) is 0.887. The third-order valence-corrected chi connectivity index (χ3v) is 3.16. The number of ether oxygens (including phenoxy) is 2. The molecule has 0 fully saturated rings. The van der Waals surface area contributed by atoms with Gasteiger partial charge < -0.3 is 14.6 Å². The van der Waals surface area contributed by atoms with E-state index in [1.807, 2.05) is 0 Å². The molecular weight excluding hydrogens is 312 g/mol. The number of hydrogen-bond acceptors (Lipinski definition) is 3. The summed E-state index contributed by atoms with van der Waals surface area (Å²) in [6.45, 7) is 6.95. The van der Waals surface area contributed by atoms with Gasteiger partial charge in [-0.05, 0) is 39.9 Å². The summed E-state index contributed by atoms with van der Waals surface area (Å²) in [5, 5.41) is 8.99. The average molecular weight is 331 g/mol. The highest BCUT2D eigenvalue weighted by molar-refractivity contribution is 9.10. The van der Waals surface area contributed by atoms with E-state index in [4.69, 9.17) is 14.6 Å². The molecule has 0 saturated carbocycles. The molecule has 0 radical (unpaired) electrons. The van der Waals surface area contributed by atoms with E-state index in [1.54, 1.807) is 0 Å². The van der Waals surface area contributed by atoms with Gasteiger partial charge in [-0.3, -0.25) is 0 Å². The average Bonchev–Trinajstić information content (AvgIpc) is 2.28. The standard InChI is InChI=1S/C14H19BrO4/c1-14(2,3)5-6-19-12-10(15)7-9(13(16)17)8-11(12)18-4/h7-8H,5-6H2,1-4H3,(H,16,17). The van der Waals surface area contributed by atoms with E-state index in [2.05, 4.69) is 36.7 Å². The zero-order chi connectivity index (χ0) is 14.6. The molecule has 0 atom stereocenters. The van der Waals surface area contributed by atoms with Crippen molar-refractivity contribution >= 4 is 21.9 Å². The Morgan fingerprint density at radius 1 is 1.37 bits per heavy atom. The molecule has 1 rings (SSSR count). The molecule has 0 amide bonds. The Morgan fingerprint density at radius 2 is 2.00 bits per heavy atom. The zero-order valence-corrected chi connectivity index (χ0v) is 13.2. The largest absolute Gasteiger partial charge is 0.493 e. The van der Waals surface area contributed by atoms with E-state index in [0.717, 1.165) is 6.42 Å². The van der Waals surface area contributed by atoms with Crippen LogP contribution in [0.4, 0.5) is 0 Å². The van der Waals surface area contributed by atoms with Gasteiger partial charge in [0.2, 0.25) is 0 Å². The summed E-state index contributed by atoms with van der Waals surface area (Å²) in [7, 11) is 1.49. The molecule has 1 aromatic rings. The lowest BCUT2D eigenvalue weighted by atomic mass is 9.93. The first-order chi connectivity index (χ1) is 8.74. The molecule has 0 bridgehead atoms. The molecule has 106 valence electrons. The molecule has 0 unspecified atom stereocenters. The van der Waals surface area contributed by atoms with E-state index in [9.17, 15) is 4.79 Å². The molecule has 19 heavy (non-hydrogen) atoms. The molecule has 0 aromatic heterocycles. The van der Waals surface area contributed by atoms with Crippen molar-refractivity contribution in [1.29, 1.82) is 0 Å². The van der Waals surface area contributed by atoms with Gasteiger partial charge in [0.25, 0.3) is 0 Å². The fraction of sp³-hybridized carbons (Fsp3) is 0.500. The van der Waals surface area contributed by atoms with Crippen LogP contribution in [0.2, 0.25) is 0 Å². The maximum atomic E-state index is 11.0. The lowest BCUT2D eigenvalue weighted by molar-refractivity contribution is 0.0696. The van der Waals surface area contributed by atoms with Crippen molar-refractivity contribution in [2.24, 2.45) is 5.41 Å². The van der Waals surface area contributed by atoms with Gasteiger partial charge in [-0.15, -0.1) is 0 Å². The van der Waals surface area contributed by atoms with E-state index in [0.29, 0.717) is 22.6 Å². The minimum atomic E-state index is -1.000. The molecule has 0 aliphatic carbocycles. The summed E-state index contributed by atoms with van der Waals surface area (Å²) in [6.07, 6.45) is 0.892. The van der Waals surface area contributed by atoms with Crippen LogP contribution in [0.15, 0.2) is 16.6 Å². The minimum absolute atomic E-state index is 0.159. The predicted octanol–water partition coefficient (Wildman–Crippen LogP) is 3.97. The Hall–Kier alpha value is -1.23. The van der Waals surface area contributed by atoms with E-state index in [-0.39, 0.29) is 11.0 Å². The highest BCUT2D eigenvalue weighted by Crippen LogP contribution is 2.37. The van der Waals surface area contributed by atoms with Crippen molar-refractivity contribution < 1.29 is 19.4 Å². The van der Waals surface area contributed by atoms with Crippen molar-refractivity contribution in [1.82, 2.24) is 0 Å². The lowest BCUT2D eigenvalue weighted by Gasteiger charge is -2.19. The summed E-state index contributed by atoms with van der Waals surface area (Å²) in [6, 6.07) is 2.97. The van der Waals surface area contributed by atoms with Gasteiger partial charge in [0, 0.05) is 0 Å². The number of halogens is 1. The molecule has 4 nitrogen and oxygen atoms in total. The molecule has 0 spiro atoms. The van der Waals surface area contributed by atoms with Crippen molar-refractivity contribution in [3.63, 3.8) is 0 Å². The fourth-order valence-electron chi connectivity index (χ4n) is 1.44. The Morgan fingerprint density at radius 3 is 2.47 bits per heavy atom. The molecular formula is C14H19BrO4. The third kappa shape index (κ3) is 4.74. The number of carbonyl (C=O) groups is 1. The van der Waals surface area contributed by atoms with E-state index < -0.39 is 5.97 Å². The van der Waals surface area contributed by atoms with Crippen LogP contribution in [0.1, 0.15) is 37.6 Å². The van der Waals surface area contributed by atoms with Gasteiger partial charge in [0.15, 0.2) is 11.5 Å². The maximum absolute atomic E-state index is 11.0. The number of benzene rings is 1. The molecule has 0 aliphatic rings. The molecule has 5 heteroatoms. The molecule has 0 saturated heterocycles. The number of aromatic carboxylic acids is 1. The summed E-state index contributed by atoms with van der Waals surface area (Å²) < 4.78 is 11.5. The van der Waals surface area contributed by atoms with Crippen LogP contribution >= 0.6 is 15.9 Å². The topological polar surface area (TPSA) is 55.8 Å². The Balaban J connectivity index is 2.91. The second-order valence-electron chi connectivity index (χ2n) is 5.45. The molecule has 1 N–H and O–H groups in total. The van der Waals surface area contributed by atoms with E-state index >= 15 is 0 Å². The van der Waals surface area contributed by atoms with Crippen LogP contribution in [0.25, 0.3) is 0 Å². The van der Waals surface area contributed by atoms with Gasteiger partial charge in [-0.2, -0.15) is 0 Å². The summed E-state index contributed by atoms with van der Waals surface area (Å²) in [4.78, 5) is 11.0. The van der Waals surface area contributed by atoms with Crippen LogP contribution in [0, 0.1) is 5.41 Å². The first-order valence-corrected chi connectivity index (χ1v) is 6.77. The Labute approximate surface area is 121 Å². The number of hydrogen-bond donors (Lipinski definition) is 1. The van der Waals surface area contributed by atoms with Crippen molar-refractivity contribution in [3.8, 4) is 11.5 Å². The highest BCUT2D eigenvalue weighted by atomic mass is 79.9. The van der Waals surface area contributed by atoms with Crippen molar-refractivity contribution in [3.05, 3.63) is 22.2 Å². The van der Waals surface area contributed by atoms with Gasteiger partial charge in [-0.1, -0.05) is 20.8 Å². The smallest absolute Gasteiger partial charge is 0.335 e. The molecule has 1 aromatic carbocycles. The first-order valence-electron chi connectivity index (χ1n) is 5.98. The van der Waals surface area contributed by atoms with Crippen molar-refractivity contribution in [2.45, 2.75) is 27.2 Å². The summed E-state index contributed by atoms with van der Waals surface area (Å²) in [5.74, 6) is -0.0438. The monoisotopic (exact) mass is 330 g/mol. The number of methoxy groups -OCH3 is 1. The van der Waals surface area contributed by atoms with Crippen LogP contribution in [-0.2, 0) is 0 Å². The van der Waals surface area contributed by atoms with Gasteiger partial charge in [0.1, 0.15) is 0 Å². The second-order valence-corrected chi connectivity index (χ2v) is 6.31. The molecule has 0 aliphatic heterocycles. The lowest BCUT2D eigenvalue weighted by Crippen LogP contribution is -2.12. The normalized spacial score (nSPS) is 11.2. The predicted molar refractivity (Wildman–Crippen MR) is 77.2 cm³/mol. The number of rotatable bonds is 5. The first kappa shape index (κ1) is 15.8. The van der Waals surface area contributed by atoms with Crippen LogP contribution in [0.3, 0.4) is 0 Å². The summed E-state index contributed by atoms with van der Waals surface area (Å²) in [5.41, 5.74) is 0.340. The maximum Gasteiger partial charge on any atom is 0.335 e.